The van der Waals surface area contributed by atoms with Crippen molar-refractivity contribution in [2.24, 2.45) is 0 Å². The van der Waals surface area contributed by atoms with Gasteiger partial charge >= 0.3 is 6.09 Å². The van der Waals surface area contributed by atoms with E-state index in [2.05, 4.69) is 23.3 Å². The molecule has 0 unspecified atom stereocenters. The van der Waals surface area contributed by atoms with E-state index in [4.69, 9.17) is 4.74 Å². The number of nitrogens with zero attached hydrogens (tertiary/aromatic N) is 2. The van der Waals surface area contributed by atoms with Crippen LogP contribution in [-0.4, -0.2) is 67.7 Å². The van der Waals surface area contributed by atoms with Crippen LogP contribution in [0.15, 0.2) is 6.07 Å². The van der Waals surface area contributed by atoms with E-state index in [-0.39, 0.29) is 18.6 Å². The first-order valence-corrected chi connectivity index (χ1v) is 9.92. The van der Waals surface area contributed by atoms with Crippen LogP contribution in [0.25, 0.3) is 0 Å². The fourth-order valence-electron chi connectivity index (χ4n) is 3.50. The number of rotatable bonds is 4. The lowest BCUT2D eigenvalue weighted by atomic mass is 10.1. The van der Waals surface area contributed by atoms with Crippen molar-refractivity contribution in [2.75, 3.05) is 39.8 Å². The number of amides is 2. The molecular weight excluding hydrogens is 338 g/mol. The molecule has 0 aromatic carbocycles. The van der Waals surface area contributed by atoms with Crippen LogP contribution >= 0.6 is 11.3 Å². The number of fused-ring (bicyclic) bond motifs is 1. The second-order valence-corrected chi connectivity index (χ2v) is 7.92. The number of thiophene rings is 1. The van der Waals surface area contributed by atoms with Gasteiger partial charge in [-0.25, -0.2) is 4.79 Å². The van der Waals surface area contributed by atoms with Gasteiger partial charge in [0.15, 0.2) is 0 Å². The van der Waals surface area contributed by atoms with Crippen LogP contribution in [0.2, 0.25) is 0 Å². The quantitative estimate of drug-likeness (QED) is 0.888. The van der Waals surface area contributed by atoms with Gasteiger partial charge < -0.3 is 19.9 Å². The maximum absolute atomic E-state index is 13.0. The first kappa shape index (κ1) is 18.2. The summed E-state index contributed by atoms with van der Waals surface area (Å²) in [6.45, 7) is 5.51. The van der Waals surface area contributed by atoms with Crippen molar-refractivity contribution in [3.8, 4) is 0 Å². The number of nitrogens with one attached hydrogen (secondary N) is 1. The Balaban J connectivity index is 1.64. The summed E-state index contributed by atoms with van der Waals surface area (Å²) in [6, 6.07) is 2.07. The fraction of sp³-hybridized carbons (Fsp3) is 0.667. The number of hydrogen-bond donors (Lipinski definition) is 1. The zero-order valence-corrected chi connectivity index (χ0v) is 15.9. The molecule has 138 valence electrons. The Morgan fingerprint density at radius 3 is 2.92 bits per heavy atom. The second-order valence-electron chi connectivity index (χ2n) is 6.79. The van der Waals surface area contributed by atoms with E-state index in [1.165, 1.54) is 10.4 Å². The van der Waals surface area contributed by atoms with Crippen LogP contribution < -0.4 is 5.32 Å². The van der Waals surface area contributed by atoms with Gasteiger partial charge in [0, 0.05) is 31.1 Å². The van der Waals surface area contributed by atoms with Gasteiger partial charge in [-0.1, -0.05) is 0 Å². The minimum atomic E-state index is -0.409. The highest BCUT2D eigenvalue weighted by atomic mass is 32.1. The highest BCUT2D eigenvalue weighted by Crippen LogP contribution is 2.29. The molecule has 1 atom stereocenters. The molecule has 1 aromatic rings. The van der Waals surface area contributed by atoms with Crippen molar-refractivity contribution < 1.29 is 14.3 Å². The summed E-state index contributed by atoms with van der Waals surface area (Å²) >= 11 is 1.64. The van der Waals surface area contributed by atoms with Crippen molar-refractivity contribution in [1.29, 1.82) is 0 Å². The zero-order valence-electron chi connectivity index (χ0n) is 15.0. The van der Waals surface area contributed by atoms with Crippen LogP contribution in [0.1, 0.15) is 39.9 Å². The first-order chi connectivity index (χ1) is 12.1. The lowest BCUT2D eigenvalue weighted by Crippen LogP contribution is -2.39. The van der Waals surface area contributed by atoms with Crippen LogP contribution in [0.3, 0.4) is 0 Å². The van der Waals surface area contributed by atoms with E-state index < -0.39 is 6.09 Å². The number of likely N-dealkylation sites (N-methyl/N-ethyl adjacent to an activating group) is 1. The number of likely N-dealkylation sites (tertiary alicyclic amines) is 1. The Morgan fingerprint density at radius 2 is 2.12 bits per heavy atom. The Bertz CT molecular complexity index is 606. The largest absolute Gasteiger partial charge is 0.447 e. The number of carbonyl (C=O) groups is 2. The summed E-state index contributed by atoms with van der Waals surface area (Å²) in [5.41, 5.74) is 1.33. The topological polar surface area (TPSA) is 61.9 Å². The van der Waals surface area contributed by atoms with Gasteiger partial charge in [0.25, 0.3) is 5.91 Å². The molecular formula is C18H27N3O3S. The summed E-state index contributed by atoms with van der Waals surface area (Å²) < 4.78 is 5.25. The molecule has 1 aromatic heterocycles. The van der Waals surface area contributed by atoms with Gasteiger partial charge in [-0.15, -0.1) is 11.3 Å². The molecule has 1 fully saturated rings. The molecule has 6 nitrogen and oxygen atoms in total. The van der Waals surface area contributed by atoms with E-state index in [1.54, 1.807) is 11.3 Å². The second kappa shape index (κ2) is 8.19. The van der Waals surface area contributed by atoms with Gasteiger partial charge in [0.1, 0.15) is 6.61 Å². The number of ether oxygens (including phenoxy) is 1. The van der Waals surface area contributed by atoms with Crippen molar-refractivity contribution in [3.05, 3.63) is 21.4 Å². The van der Waals surface area contributed by atoms with Gasteiger partial charge in [0.05, 0.1) is 10.9 Å². The third-order valence-electron chi connectivity index (χ3n) is 4.96. The van der Waals surface area contributed by atoms with Crippen molar-refractivity contribution in [1.82, 2.24) is 15.1 Å². The molecule has 0 aliphatic carbocycles. The average Bonchev–Trinajstić information content (AvgIpc) is 3.19. The molecule has 0 radical (unpaired) electrons. The van der Waals surface area contributed by atoms with E-state index in [1.807, 2.05) is 11.8 Å². The van der Waals surface area contributed by atoms with Gasteiger partial charge in [-0.3, -0.25) is 4.79 Å². The molecule has 1 N–H and O–H groups in total. The SMILES string of the molecule is CCNC(=O)OC[C@@H]1CCCN1C(=O)c1cc2c(s1)CCN(C)CC2. The lowest BCUT2D eigenvalue weighted by molar-refractivity contribution is 0.0642. The predicted molar refractivity (Wildman–Crippen MR) is 98.3 cm³/mol. The third-order valence-corrected chi connectivity index (χ3v) is 6.18. The highest BCUT2D eigenvalue weighted by Gasteiger charge is 2.32. The number of hydrogen-bond acceptors (Lipinski definition) is 5. The number of alkyl carbamates (subject to hydrolysis) is 1. The highest BCUT2D eigenvalue weighted by molar-refractivity contribution is 7.14. The summed E-state index contributed by atoms with van der Waals surface area (Å²) in [4.78, 5) is 30.9. The van der Waals surface area contributed by atoms with E-state index in [9.17, 15) is 9.59 Å². The van der Waals surface area contributed by atoms with E-state index in [0.717, 1.165) is 50.2 Å². The van der Waals surface area contributed by atoms with Crippen LogP contribution in [-0.2, 0) is 17.6 Å². The van der Waals surface area contributed by atoms with Crippen LogP contribution in [0, 0.1) is 0 Å². The Morgan fingerprint density at radius 1 is 1.32 bits per heavy atom. The molecule has 25 heavy (non-hydrogen) atoms. The zero-order chi connectivity index (χ0) is 17.8. The van der Waals surface area contributed by atoms with Gasteiger partial charge in [-0.2, -0.15) is 0 Å². The summed E-state index contributed by atoms with van der Waals surface area (Å²) in [7, 11) is 2.14. The van der Waals surface area contributed by atoms with Crippen molar-refractivity contribution in [3.63, 3.8) is 0 Å². The molecule has 7 heteroatoms. The molecule has 2 aliphatic heterocycles. The number of carbonyl (C=O) groups excluding carboxylic acids is 2. The minimum Gasteiger partial charge on any atom is -0.447 e. The average molecular weight is 365 g/mol. The Labute approximate surface area is 153 Å². The molecule has 0 spiro atoms. The molecule has 1 saturated heterocycles. The standard InChI is InChI=1S/C18H27N3O3S/c1-3-19-18(23)24-12-14-5-4-8-21(14)17(22)16-11-13-6-9-20(2)10-7-15(13)25-16/h11,14H,3-10,12H2,1-2H3,(H,19,23)/t14-/m0/s1. The van der Waals surface area contributed by atoms with Crippen LogP contribution in [0.5, 0.6) is 0 Å². The van der Waals surface area contributed by atoms with Gasteiger partial charge in [0.2, 0.25) is 0 Å². The summed E-state index contributed by atoms with van der Waals surface area (Å²) in [6.07, 6.45) is 3.48. The summed E-state index contributed by atoms with van der Waals surface area (Å²) in [5, 5.41) is 2.62. The Hall–Kier alpha value is -1.60. The monoisotopic (exact) mass is 365 g/mol. The van der Waals surface area contributed by atoms with E-state index >= 15 is 0 Å². The molecule has 2 aliphatic rings. The lowest BCUT2D eigenvalue weighted by Gasteiger charge is -2.24. The molecule has 0 bridgehead atoms. The molecule has 0 saturated carbocycles. The van der Waals surface area contributed by atoms with Gasteiger partial charge in [-0.05, 0) is 51.3 Å². The summed E-state index contributed by atoms with van der Waals surface area (Å²) in [5.74, 6) is 0.0911. The maximum Gasteiger partial charge on any atom is 0.407 e. The molecule has 3 heterocycles. The predicted octanol–water partition coefficient (Wildman–Crippen LogP) is 2.13. The maximum atomic E-state index is 13.0. The third kappa shape index (κ3) is 4.33. The minimum absolute atomic E-state index is 0.0110. The van der Waals surface area contributed by atoms with Crippen LogP contribution in [0.4, 0.5) is 4.79 Å². The smallest absolute Gasteiger partial charge is 0.407 e. The fourth-order valence-corrected chi connectivity index (χ4v) is 4.65. The van der Waals surface area contributed by atoms with Crippen molar-refractivity contribution >= 4 is 23.3 Å². The van der Waals surface area contributed by atoms with E-state index in [0.29, 0.717) is 6.54 Å². The van der Waals surface area contributed by atoms with Crippen molar-refractivity contribution in [2.45, 2.75) is 38.6 Å². The molecule has 2 amide bonds. The first-order valence-electron chi connectivity index (χ1n) is 9.10. The Kier molecular flexibility index (Phi) is 5.96. The normalized spacial score (nSPS) is 20.9. The molecule has 3 rings (SSSR count).